The van der Waals surface area contributed by atoms with E-state index in [1.54, 1.807) is 18.0 Å². The van der Waals surface area contributed by atoms with E-state index in [-0.39, 0.29) is 22.8 Å². The summed E-state index contributed by atoms with van der Waals surface area (Å²) in [6.45, 7) is 0. The lowest BCUT2D eigenvalue weighted by atomic mass is 10.2. The van der Waals surface area contributed by atoms with E-state index in [0.717, 1.165) is 12.1 Å². The van der Waals surface area contributed by atoms with Crippen molar-refractivity contribution in [1.29, 1.82) is 0 Å². The van der Waals surface area contributed by atoms with Crippen LogP contribution in [0, 0.1) is 0 Å². The molecule has 0 N–H and O–H groups in total. The molecule has 2 aliphatic heterocycles. The molecule has 0 radical (unpaired) electrons. The molecule has 0 saturated carbocycles. The highest BCUT2D eigenvalue weighted by molar-refractivity contribution is 8.15. The van der Waals surface area contributed by atoms with Gasteiger partial charge in [0.05, 0.1) is 23.1 Å². The average molecular weight is 350 g/mol. The first-order valence-corrected chi connectivity index (χ1v) is 9.22. The van der Waals surface area contributed by atoms with Crippen molar-refractivity contribution in [2.45, 2.75) is 17.5 Å². The molecule has 0 bridgehead atoms. The van der Waals surface area contributed by atoms with Crippen molar-refractivity contribution >= 4 is 32.5 Å². The number of alkyl halides is 3. The van der Waals surface area contributed by atoms with Gasteiger partial charge in [-0.3, -0.25) is 4.99 Å². The first kappa shape index (κ1) is 15.7. The highest BCUT2D eigenvalue weighted by Crippen LogP contribution is 2.37. The number of benzene rings is 1. The van der Waals surface area contributed by atoms with E-state index in [0.29, 0.717) is 10.9 Å². The summed E-state index contributed by atoms with van der Waals surface area (Å²) < 4.78 is 61.3. The van der Waals surface area contributed by atoms with Gasteiger partial charge in [0.15, 0.2) is 15.0 Å². The maximum absolute atomic E-state index is 12.8. The molecule has 3 rings (SSSR count). The smallest absolute Gasteiger partial charge is 0.324 e. The van der Waals surface area contributed by atoms with Gasteiger partial charge in [-0.05, 0) is 18.2 Å². The third-order valence-corrected chi connectivity index (χ3v) is 6.95. The van der Waals surface area contributed by atoms with Crippen molar-refractivity contribution in [3.05, 3.63) is 29.8 Å². The van der Waals surface area contributed by atoms with Crippen molar-refractivity contribution < 1.29 is 21.6 Å². The SMILES string of the molecule is CN(C1=NC2CS(=O)(=O)CC2S1)c1cccc(C(F)(F)F)c1. The normalized spacial score (nSPS) is 26.6. The van der Waals surface area contributed by atoms with E-state index in [4.69, 9.17) is 0 Å². The molecule has 2 unspecified atom stereocenters. The number of hydrogen-bond donors (Lipinski definition) is 0. The van der Waals surface area contributed by atoms with Gasteiger partial charge in [-0.1, -0.05) is 17.8 Å². The standard InChI is InChI=1S/C13H13F3N2O2S2/c1-18(9-4-2-3-8(5-9)13(14,15)16)12-17-10-6-22(19,20)7-11(10)21-12/h2-5,10-11H,6-7H2,1H3. The number of thioether (sulfide) groups is 1. The van der Waals surface area contributed by atoms with Crippen molar-refractivity contribution in [2.24, 2.45) is 4.99 Å². The van der Waals surface area contributed by atoms with Crippen LogP contribution >= 0.6 is 11.8 Å². The second-order valence-electron chi connectivity index (χ2n) is 5.32. The van der Waals surface area contributed by atoms with Crippen LogP contribution in [-0.4, -0.2) is 43.4 Å². The summed E-state index contributed by atoms with van der Waals surface area (Å²) in [5.74, 6) is 0.0936. The minimum absolute atomic E-state index is 0.0184. The number of nitrogens with zero attached hydrogens (tertiary/aromatic N) is 2. The van der Waals surface area contributed by atoms with E-state index in [9.17, 15) is 21.6 Å². The number of halogens is 3. The fourth-order valence-electron chi connectivity index (χ4n) is 2.50. The molecule has 1 aromatic rings. The lowest BCUT2D eigenvalue weighted by Crippen LogP contribution is -2.24. The van der Waals surface area contributed by atoms with E-state index in [1.807, 2.05) is 0 Å². The predicted octanol–water partition coefficient (Wildman–Crippen LogP) is 2.41. The van der Waals surface area contributed by atoms with Gasteiger partial charge in [0.25, 0.3) is 0 Å². The number of fused-ring (bicyclic) bond motifs is 1. The zero-order chi connectivity index (χ0) is 16.1. The van der Waals surface area contributed by atoms with Gasteiger partial charge in [-0.2, -0.15) is 13.2 Å². The molecule has 120 valence electrons. The van der Waals surface area contributed by atoms with Crippen LogP contribution in [0.4, 0.5) is 18.9 Å². The Labute approximate surface area is 130 Å². The van der Waals surface area contributed by atoms with Crippen LogP contribution in [0.1, 0.15) is 5.56 Å². The summed E-state index contributed by atoms with van der Waals surface area (Å²) in [7, 11) is -1.40. The van der Waals surface area contributed by atoms with Crippen LogP contribution in [0.25, 0.3) is 0 Å². The van der Waals surface area contributed by atoms with Gasteiger partial charge >= 0.3 is 6.18 Å². The second kappa shape index (κ2) is 5.16. The van der Waals surface area contributed by atoms with E-state index >= 15 is 0 Å². The van der Waals surface area contributed by atoms with Crippen LogP contribution in [0.15, 0.2) is 29.3 Å². The summed E-state index contributed by atoms with van der Waals surface area (Å²) in [4.78, 5) is 5.93. The minimum atomic E-state index is -4.40. The van der Waals surface area contributed by atoms with E-state index in [2.05, 4.69) is 4.99 Å². The number of rotatable bonds is 1. The fourth-order valence-corrected chi connectivity index (χ4v) is 6.25. The molecular formula is C13H13F3N2O2S2. The van der Waals surface area contributed by atoms with Crippen molar-refractivity contribution in [1.82, 2.24) is 0 Å². The molecule has 2 heterocycles. The van der Waals surface area contributed by atoms with Gasteiger partial charge in [-0.25, -0.2) is 8.42 Å². The molecule has 0 aromatic heterocycles. The lowest BCUT2D eigenvalue weighted by Gasteiger charge is -2.20. The second-order valence-corrected chi connectivity index (χ2v) is 8.68. The quantitative estimate of drug-likeness (QED) is 0.780. The van der Waals surface area contributed by atoms with Crippen LogP contribution in [0.5, 0.6) is 0 Å². The Hall–Kier alpha value is -1.22. The van der Waals surface area contributed by atoms with Crippen molar-refractivity contribution in [3.8, 4) is 0 Å². The lowest BCUT2D eigenvalue weighted by molar-refractivity contribution is -0.137. The Balaban J connectivity index is 1.83. The number of hydrogen-bond acceptors (Lipinski definition) is 5. The van der Waals surface area contributed by atoms with Gasteiger partial charge in [0.1, 0.15) is 0 Å². The van der Waals surface area contributed by atoms with Crippen LogP contribution in [-0.2, 0) is 16.0 Å². The minimum Gasteiger partial charge on any atom is -0.324 e. The molecule has 2 aliphatic rings. The molecule has 4 nitrogen and oxygen atoms in total. The molecule has 1 fully saturated rings. The summed E-state index contributed by atoms with van der Waals surface area (Å²) >= 11 is 1.32. The fraction of sp³-hybridized carbons (Fsp3) is 0.462. The van der Waals surface area contributed by atoms with Gasteiger partial charge < -0.3 is 4.90 Å². The highest BCUT2D eigenvalue weighted by atomic mass is 32.2. The number of sulfone groups is 1. The first-order valence-electron chi connectivity index (χ1n) is 6.51. The third kappa shape index (κ3) is 2.96. The zero-order valence-corrected chi connectivity index (χ0v) is 13.2. The number of anilines is 1. The predicted molar refractivity (Wildman–Crippen MR) is 81.1 cm³/mol. The zero-order valence-electron chi connectivity index (χ0n) is 11.5. The Bertz CT molecular complexity index is 731. The molecule has 0 aliphatic carbocycles. The summed E-state index contributed by atoms with van der Waals surface area (Å²) in [6.07, 6.45) is -4.40. The average Bonchev–Trinajstić information content (AvgIpc) is 2.90. The Morgan fingerprint density at radius 1 is 1.32 bits per heavy atom. The monoisotopic (exact) mass is 350 g/mol. The summed E-state index contributed by atoms with van der Waals surface area (Å²) in [5.41, 5.74) is -0.341. The molecule has 1 aromatic carbocycles. The molecule has 0 spiro atoms. The Kier molecular flexibility index (Phi) is 3.67. The van der Waals surface area contributed by atoms with Crippen LogP contribution < -0.4 is 4.90 Å². The maximum atomic E-state index is 12.8. The van der Waals surface area contributed by atoms with Crippen molar-refractivity contribution in [2.75, 3.05) is 23.5 Å². The Morgan fingerprint density at radius 3 is 2.68 bits per heavy atom. The topological polar surface area (TPSA) is 49.7 Å². The molecule has 9 heteroatoms. The maximum Gasteiger partial charge on any atom is 0.416 e. The third-order valence-electron chi connectivity index (χ3n) is 3.65. The van der Waals surface area contributed by atoms with Gasteiger partial charge in [0, 0.05) is 18.0 Å². The summed E-state index contributed by atoms with van der Waals surface area (Å²) in [5, 5.41) is 0.428. The number of amidine groups is 1. The number of aliphatic imine (C=N–C) groups is 1. The molecule has 0 amide bonds. The first-order chi connectivity index (χ1) is 10.2. The largest absolute Gasteiger partial charge is 0.416 e. The van der Waals surface area contributed by atoms with Crippen LogP contribution in [0.3, 0.4) is 0 Å². The highest BCUT2D eigenvalue weighted by Gasteiger charge is 2.43. The molecule has 1 saturated heterocycles. The van der Waals surface area contributed by atoms with E-state index < -0.39 is 21.6 Å². The summed E-state index contributed by atoms with van der Waals surface area (Å²) in [6, 6.07) is 4.71. The molecule has 22 heavy (non-hydrogen) atoms. The Morgan fingerprint density at radius 2 is 2.05 bits per heavy atom. The van der Waals surface area contributed by atoms with Gasteiger partial charge in [0.2, 0.25) is 0 Å². The van der Waals surface area contributed by atoms with Crippen LogP contribution in [0.2, 0.25) is 0 Å². The van der Waals surface area contributed by atoms with E-state index in [1.165, 1.54) is 17.8 Å². The molecular weight excluding hydrogens is 337 g/mol. The molecule has 2 atom stereocenters. The van der Waals surface area contributed by atoms with Crippen molar-refractivity contribution in [3.63, 3.8) is 0 Å². The van der Waals surface area contributed by atoms with Gasteiger partial charge in [-0.15, -0.1) is 0 Å².